The van der Waals surface area contributed by atoms with Crippen LogP contribution in [0.1, 0.15) is 38.5 Å². The second-order valence-electron chi connectivity index (χ2n) is 6.43. The number of aliphatic carboxylic acids is 3. The van der Waals surface area contributed by atoms with Crippen LogP contribution in [0.4, 0.5) is 0 Å². The molecule has 6 N–H and O–H groups in total. The second kappa shape index (κ2) is 17.5. The van der Waals surface area contributed by atoms with Crippen molar-refractivity contribution in [2.75, 3.05) is 5.75 Å². The number of nitrogens with two attached hydrogens (primary N) is 1. The standard InChI is InChI=1S/C21H31NO7S/c22-16(21(28)29)15-30-18(17(23)11-10-14-20(26)27)12-8-6-4-2-1-3-5-7-9-13-19(24)25/h1-2,4-8,12,16-18,23H,3,9-11,13-15,22H2,(H,24,25)(H,26,27)(H,28,29)/b2-1-,6-4+,7-5-,12-8+/t16-,17+,18-/m0/s1. The van der Waals surface area contributed by atoms with E-state index in [1.807, 2.05) is 24.3 Å². The van der Waals surface area contributed by atoms with Crippen LogP contribution >= 0.6 is 11.8 Å². The number of rotatable bonds is 17. The number of hydrogen-bond donors (Lipinski definition) is 5. The van der Waals surface area contributed by atoms with Crippen molar-refractivity contribution in [1.29, 1.82) is 0 Å². The number of allylic oxidation sites excluding steroid dienone is 7. The summed E-state index contributed by atoms with van der Waals surface area (Å²) in [5, 5.41) is 36.0. The summed E-state index contributed by atoms with van der Waals surface area (Å²) in [7, 11) is 0. The summed E-state index contributed by atoms with van der Waals surface area (Å²) < 4.78 is 0. The predicted molar refractivity (Wildman–Crippen MR) is 117 cm³/mol. The monoisotopic (exact) mass is 441 g/mol. The molecule has 0 saturated heterocycles. The first-order valence-corrected chi connectivity index (χ1v) is 10.7. The Hall–Kier alpha value is -2.36. The van der Waals surface area contributed by atoms with E-state index in [1.54, 1.807) is 24.3 Å². The van der Waals surface area contributed by atoms with Gasteiger partial charge in [-0.25, -0.2) is 0 Å². The molecule has 0 spiro atoms. The molecule has 168 valence electrons. The molecule has 0 aromatic carbocycles. The highest BCUT2D eigenvalue weighted by Crippen LogP contribution is 2.21. The molecule has 8 nitrogen and oxygen atoms in total. The average molecular weight is 442 g/mol. The van der Waals surface area contributed by atoms with Gasteiger partial charge in [-0.3, -0.25) is 14.4 Å². The lowest BCUT2D eigenvalue weighted by molar-refractivity contribution is -0.138. The molecular weight excluding hydrogens is 410 g/mol. The molecular formula is C21H31NO7S. The SMILES string of the molecule is N[C@@H](CS[C@@H](/C=C/C=C/C=C\C/C=C\CCC(=O)O)[C@H](O)CCCC(=O)O)C(=O)O. The number of aliphatic hydroxyl groups excluding tert-OH is 1. The number of carboxylic acids is 3. The fourth-order valence-corrected chi connectivity index (χ4v) is 3.30. The van der Waals surface area contributed by atoms with E-state index in [2.05, 4.69) is 0 Å². The van der Waals surface area contributed by atoms with Gasteiger partial charge in [-0.2, -0.15) is 0 Å². The maximum absolute atomic E-state index is 10.9. The highest BCUT2D eigenvalue weighted by Gasteiger charge is 2.20. The van der Waals surface area contributed by atoms with Crippen molar-refractivity contribution in [3.63, 3.8) is 0 Å². The third-order valence-electron chi connectivity index (χ3n) is 3.79. The number of carbonyl (C=O) groups is 3. The van der Waals surface area contributed by atoms with Crippen LogP contribution in [0.15, 0.2) is 48.6 Å². The van der Waals surface area contributed by atoms with Crippen LogP contribution in [0.5, 0.6) is 0 Å². The summed E-state index contributed by atoms with van der Waals surface area (Å²) in [4.78, 5) is 31.9. The second-order valence-corrected chi connectivity index (χ2v) is 7.64. The van der Waals surface area contributed by atoms with E-state index >= 15 is 0 Å². The van der Waals surface area contributed by atoms with Gasteiger partial charge in [0.1, 0.15) is 6.04 Å². The number of hydrogen-bond acceptors (Lipinski definition) is 6. The molecule has 0 saturated carbocycles. The Morgan fingerprint density at radius 2 is 1.57 bits per heavy atom. The Kier molecular flexibility index (Phi) is 16.1. The average Bonchev–Trinajstić information content (AvgIpc) is 2.67. The van der Waals surface area contributed by atoms with Gasteiger partial charge in [0.15, 0.2) is 0 Å². The van der Waals surface area contributed by atoms with E-state index in [4.69, 9.17) is 21.1 Å². The van der Waals surface area contributed by atoms with Gasteiger partial charge < -0.3 is 26.2 Å². The van der Waals surface area contributed by atoms with Crippen molar-refractivity contribution in [3.8, 4) is 0 Å². The lowest BCUT2D eigenvalue weighted by atomic mass is 10.1. The van der Waals surface area contributed by atoms with Crippen molar-refractivity contribution in [3.05, 3.63) is 48.6 Å². The molecule has 0 aromatic heterocycles. The van der Waals surface area contributed by atoms with Crippen LogP contribution < -0.4 is 5.73 Å². The lowest BCUT2D eigenvalue weighted by Crippen LogP contribution is -2.34. The summed E-state index contributed by atoms with van der Waals surface area (Å²) in [5.41, 5.74) is 5.51. The Labute approximate surface area is 180 Å². The van der Waals surface area contributed by atoms with E-state index in [1.165, 1.54) is 11.8 Å². The highest BCUT2D eigenvalue weighted by molar-refractivity contribution is 8.00. The fourth-order valence-electron chi connectivity index (χ4n) is 2.17. The van der Waals surface area contributed by atoms with Crippen molar-refractivity contribution in [2.45, 2.75) is 55.9 Å². The Bertz CT molecular complexity index is 643. The van der Waals surface area contributed by atoms with Crippen LogP contribution in [0.2, 0.25) is 0 Å². The zero-order chi connectivity index (χ0) is 22.8. The van der Waals surface area contributed by atoms with Crippen molar-refractivity contribution in [1.82, 2.24) is 0 Å². The van der Waals surface area contributed by atoms with Crippen molar-refractivity contribution >= 4 is 29.7 Å². The summed E-state index contributed by atoms with van der Waals surface area (Å²) in [5.74, 6) is -2.75. The van der Waals surface area contributed by atoms with Gasteiger partial charge in [-0.1, -0.05) is 48.6 Å². The normalized spacial score (nSPS) is 15.3. The van der Waals surface area contributed by atoms with Gasteiger partial charge in [-0.05, 0) is 25.7 Å². The Morgan fingerprint density at radius 3 is 2.20 bits per heavy atom. The molecule has 0 bridgehead atoms. The maximum atomic E-state index is 10.9. The van der Waals surface area contributed by atoms with Crippen LogP contribution in [0.25, 0.3) is 0 Å². The van der Waals surface area contributed by atoms with Crippen LogP contribution in [-0.4, -0.2) is 61.5 Å². The largest absolute Gasteiger partial charge is 0.481 e. The minimum atomic E-state index is -1.12. The minimum absolute atomic E-state index is 0.0394. The van der Waals surface area contributed by atoms with Crippen LogP contribution in [0.3, 0.4) is 0 Å². The molecule has 0 unspecified atom stereocenters. The fraction of sp³-hybridized carbons (Fsp3) is 0.476. The van der Waals surface area contributed by atoms with Crippen LogP contribution in [-0.2, 0) is 14.4 Å². The molecule has 0 amide bonds. The van der Waals surface area contributed by atoms with Gasteiger partial charge in [0.2, 0.25) is 0 Å². The lowest BCUT2D eigenvalue weighted by Gasteiger charge is -2.20. The molecule has 3 atom stereocenters. The molecule has 0 aliphatic heterocycles. The quantitative estimate of drug-likeness (QED) is 0.169. The summed E-state index contributed by atoms with van der Waals surface area (Å²) in [6, 6.07) is -1.04. The number of carboxylic acid groups (broad SMARTS) is 3. The van der Waals surface area contributed by atoms with E-state index in [0.717, 1.165) is 0 Å². The van der Waals surface area contributed by atoms with E-state index < -0.39 is 35.3 Å². The van der Waals surface area contributed by atoms with Crippen LogP contribution in [0, 0.1) is 0 Å². The highest BCUT2D eigenvalue weighted by atomic mass is 32.2. The summed E-state index contributed by atoms with van der Waals surface area (Å²) >= 11 is 1.21. The maximum Gasteiger partial charge on any atom is 0.321 e. The number of thioether (sulfide) groups is 1. The van der Waals surface area contributed by atoms with E-state index in [-0.39, 0.29) is 25.0 Å². The molecule has 0 aromatic rings. The molecule has 30 heavy (non-hydrogen) atoms. The predicted octanol–water partition coefficient (Wildman–Crippen LogP) is 2.60. The molecule has 0 aliphatic carbocycles. The molecule has 9 heteroatoms. The Morgan fingerprint density at radius 1 is 0.900 bits per heavy atom. The van der Waals surface area contributed by atoms with E-state index in [0.29, 0.717) is 19.3 Å². The zero-order valence-electron chi connectivity index (χ0n) is 16.8. The van der Waals surface area contributed by atoms with Gasteiger partial charge in [0.25, 0.3) is 0 Å². The van der Waals surface area contributed by atoms with Gasteiger partial charge in [-0.15, -0.1) is 11.8 Å². The third-order valence-corrected chi connectivity index (χ3v) is 5.20. The smallest absolute Gasteiger partial charge is 0.321 e. The molecule has 0 heterocycles. The topological polar surface area (TPSA) is 158 Å². The third kappa shape index (κ3) is 16.6. The first kappa shape index (κ1) is 27.6. The Balaban J connectivity index is 4.56. The molecule has 0 radical (unpaired) electrons. The zero-order valence-corrected chi connectivity index (χ0v) is 17.6. The molecule has 0 aliphatic rings. The van der Waals surface area contributed by atoms with Gasteiger partial charge in [0.05, 0.1) is 6.10 Å². The summed E-state index contributed by atoms with van der Waals surface area (Å²) in [6.07, 6.45) is 15.5. The number of aliphatic hydroxyl groups is 1. The summed E-state index contributed by atoms with van der Waals surface area (Å²) in [6.45, 7) is 0. The van der Waals surface area contributed by atoms with Crippen molar-refractivity contribution < 1.29 is 34.8 Å². The first-order chi connectivity index (χ1) is 14.2. The molecule has 0 rings (SSSR count). The first-order valence-electron chi connectivity index (χ1n) is 9.60. The van der Waals surface area contributed by atoms with E-state index in [9.17, 15) is 19.5 Å². The van der Waals surface area contributed by atoms with Crippen molar-refractivity contribution in [2.24, 2.45) is 5.73 Å². The van der Waals surface area contributed by atoms with Gasteiger partial charge in [0, 0.05) is 23.8 Å². The molecule has 0 fully saturated rings. The van der Waals surface area contributed by atoms with Gasteiger partial charge >= 0.3 is 17.9 Å². The minimum Gasteiger partial charge on any atom is -0.481 e.